The van der Waals surface area contributed by atoms with E-state index in [4.69, 9.17) is 28.3 Å². The van der Waals surface area contributed by atoms with E-state index in [1.54, 1.807) is 0 Å². The van der Waals surface area contributed by atoms with Gasteiger partial charge in [-0.3, -0.25) is 4.79 Å². The molecular formula is C10H10Cl2N2O2. The highest BCUT2D eigenvalue weighted by atomic mass is 35.5. The Kier molecular flexibility index (Phi) is 3.33. The minimum atomic E-state index is -0.304. The number of aliphatic hydroxyl groups is 1. The molecule has 0 bridgehead atoms. The third-order valence-electron chi connectivity index (χ3n) is 2.52. The number of aliphatic hydroxyl groups excluding tert-OH is 1. The van der Waals surface area contributed by atoms with Crippen LogP contribution in [0.2, 0.25) is 10.2 Å². The second-order valence-corrected chi connectivity index (χ2v) is 4.58. The van der Waals surface area contributed by atoms with Crippen molar-refractivity contribution in [3.8, 4) is 0 Å². The number of carbonyl (C=O) groups is 1. The average Bonchev–Trinajstić information content (AvgIpc) is 2.19. The molecule has 1 amide bonds. The summed E-state index contributed by atoms with van der Waals surface area (Å²) >= 11 is 11.5. The fourth-order valence-electron chi connectivity index (χ4n) is 1.56. The van der Waals surface area contributed by atoms with E-state index in [1.165, 1.54) is 12.3 Å². The summed E-state index contributed by atoms with van der Waals surface area (Å²) in [7, 11) is 0. The van der Waals surface area contributed by atoms with Gasteiger partial charge in [-0.2, -0.15) is 0 Å². The molecule has 0 aliphatic heterocycles. The molecule has 6 heteroatoms. The molecule has 1 fully saturated rings. The number of nitrogens with zero attached hydrogens (tertiary/aromatic N) is 1. The van der Waals surface area contributed by atoms with Crippen molar-refractivity contribution in [1.29, 1.82) is 0 Å². The smallest absolute Gasteiger partial charge is 0.253 e. The Morgan fingerprint density at radius 2 is 2.19 bits per heavy atom. The Hall–Kier alpha value is -0.840. The number of rotatable bonds is 2. The summed E-state index contributed by atoms with van der Waals surface area (Å²) in [5.74, 6) is -0.286. The molecule has 2 rings (SSSR count). The number of pyridine rings is 1. The van der Waals surface area contributed by atoms with Gasteiger partial charge in [-0.25, -0.2) is 4.98 Å². The van der Waals surface area contributed by atoms with Gasteiger partial charge in [0, 0.05) is 12.2 Å². The number of hydrogen-bond donors (Lipinski definition) is 2. The molecule has 0 aromatic carbocycles. The van der Waals surface area contributed by atoms with Crippen LogP contribution >= 0.6 is 23.2 Å². The van der Waals surface area contributed by atoms with Gasteiger partial charge in [0.2, 0.25) is 0 Å². The number of halogens is 2. The third kappa shape index (κ3) is 2.45. The third-order valence-corrected chi connectivity index (χ3v) is 3.02. The first-order valence-corrected chi connectivity index (χ1v) is 5.62. The highest BCUT2D eigenvalue weighted by Gasteiger charge is 2.29. The van der Waals surface area contributed by atoms with Gasteiger partial charge in [-0.1, -0.05) is 23.2 Å². The van der Waals surface area contributed by atoms with Crippen molar-refractivity contribution < 1.29 is 9.90 Å². The number of carbonyl (C=O) groups excluding carboxylic acids is 1. The molecular weight excluding hydrogens is 251 g/mol. The van der Waals surface area contributed by atoms with Gasteiger partial charge < -0.3 is 10.4 Å². The maximum Gasteiger partial charge on any atom is 0.253 e. The molecule has 2 N–H and O–H groups in total. The Morgan fingerprint density at radius 3 is 2.81 bits per heavy atom. The molecule has 0 unspecified atom stereocenters. The van der Waals surface area contributed by atoms with Crippen molar-refractivity contribution in [3.63, 3.8) is 0 Å². The summed E-state index contributed by atoms with van der Waals surface area (Å²) in [5, 5.41) is 12.3. The van der Waals surface area contributed by atoms with Crippen LogP contribution in [0, 0.1) is 0 Å². The van der Waals surface area contributed by atoms with Crippen LogP contribution in [0.3, 0.4) is 0 Å². The first-order valence-electron chi connectivity index (χ1n) is 4.86. The van der Waals surface area contributed by atoms with E-state index in [1.807, 2.05) is 0 Å². The summed E-state index contributed by atoms with van der Waals surface area (Å²) in [6.45, 7) is 0. The number of nitrogens with one attached hydrogen (secondary N) is 1. The molecule has 16 heavy (non-hydrogen) atoms. The van der Waals surface area contributed by atoms with E-state index >= 15 is 0 Å². The van der Waals surface area contributed by atoms with E-state index in [9.17, 15) is 4.79 Å². The largest absolute Gasteiger partial charge is 0.393 e. The lowest BCUT2D eigenvalue weighted by atomic mass is 9.89. The maximum atomic E-state index is 11.8. The molecule has 0 radical (unpaired) electrons. The van der Waals surface area contributed by atoms with Crippen molar-refractivity contribution in [2.75, 3.05) is 0 Å². The van der Waals surface area contributed by atoms with Crippen LogP contribution in [0.15, 0.2) is 12.3 Å². The zero-order valence-corrected chi connectivity index (χ0v) is 9.79. The first-order chi connectivity index (χ1) is 7.56. The Bertz CT molecular complexity index is 419. The summed E-state index contributed by atoms with van der Waals surface area (Å²) in [5.41, 5.74) is 0.308. The molecule has 1 saturated carbocycles. The second kappa shape index (κ2) is 4.57. The van der Waals surface area contributed by atoms with Crippen molar-refractivity contribution in [2.24, 2.45) is 0 Å². The van der Waals surface area contributed by atoms with Crippen molar-refractivity contribution in [3.05, 3.63) is 28.0 Å². The Labute approximate surface area is 103 Å². The lowest BCUT2D eigenvalue weighted by molar-refractivity contribution is 0.0563. The molecule has 0 saturated heterocycles. The molecule has 0 spiro atoms. The minimum absolute atomic E-state index is 0.0190. The van der Waals surface area contributed by atoms with Gasteiger partial charge in [0.1, 0.15) is 5.15 Å². The predicted molar refractivity (Wildman–Crippen MR) is 60.8 cm³/mol. The first kappa shape index (κ1) is 11.6. The van der Waals surface area contributed by atoms with Crippen LogP contribution in [-0.2, 0) is 0 Å². The summed E-state index contributed by atoms with van der Waals surface area (Å²) in [6.07, 6.45) is 2.21. The zero-order chi connectivity index (χ0) is 11.7. The van der Waals surface area contributed by atoms with Gasteiger partial charge in [-0.15, -0.1) is 0 Å². The van der Waals surface area contributed by atoms with Crippen LogP contribution in [0.25, 0.3) is 0 Å². The second-order valence-electron chi connectivity index (χ2n) is 3.78. The van der Waals surface area contributed by atoms with Gasteiger partial charge in [0.05, 0.1) is 16.7 Å². The van der Waals surface area contributed by atoms with Gasteiger partial charge in [0.25, 0.3) is 5.91 Å². The normalized spacial score (nSPS) is 23.7. The van der Waals surface area contributed by atoms with Gasteiger partial charge >= 0.3 is 0 Å². The molecule has 1 heterocycles. The van der Waals surface area contributed by atoms with Crippen LogP contribution < -0.4 is 5.32 Å². The zero-order valence-electron chi connectivity index (χ0n) is 8.28. The van der Waals surface area contributed by atoms with Crippen LogP contribution in [0.4, 0.5) is 0 Å². The molecule has 1 aliphatic rings. The highest BCUT2D eigenvalue weighted by molar-refractivity contribution is 6.35. The summed E-state index contributed by atoms with van der Waals surface area (Å²) < 4.78 is 0. The number of amides is 1. The van der Waals surface area contributed by atoms with E-state index in [0.29, 0.717) is 18.4 Å². The maximum absolute atomic E-state index is 11.8. The Balaban J connectivity index is 2.05. The lowest BCUT2D eigenvalue weighted by Crippen LogP contribution is -2.46. The molecule has 1 aromatic rings. The van der Waals surface area contributed by atoms with E-state index in [-0.39, 0.29) is 28.2 Å². The number of hydrogen-bond acceptors (Lipinski definition) is 3. The van der Waals surface area contributed by atoms with Crippen LogP contribution in [0.5, 0.6) is 0 Å². The monoisotopic (exact) mass is 260 g/mol. The van der Waals surface area contributed by atoms with Gasteiger partial charge in [0.15, 0.2) is 0 Å². The number of aromatic nitrogens is 1. The van der Waals surface area contributed by atoms with Crippen molar-refractivity contribution >= 4 is 29.1 Å². The lowest BCUT2D eigenvalue weighted by Gasteiger charge is -2.31. The molecule has 4 nitrogen and oxygen atoms in total. The summed E-state index contributed by atoms with van der Waals surface area (Å²) in [6, 6.07) is 1.44. The van der Waals surface area contributed by atoms with Crippen molar-refractivity contribution in [1.82, 2.24) is 10.3 Å². The summed E-state index contributed by atoms with van der Waals surface area (Å²) in [4.78, 5) is 15.5. The SMILES string of the molecule is O=C(NC1CC(O)C1)c1cc(Cl)ncc1Cl. The predicted octanol–water partition coefficient (Wildman–Crippen LogP) is 1.64. The van der Waals surface area contributed by atoms with E-state index < -0.39 is 0 Å². The molecule has 86 valence electrons. The van der Waals surface area contributed by atoms with E-state index in [2.05, 4.69) is 10.3 Å². The van der Waals surface area contributed by atoms with Crippen molar-refractivity contribution in [2.45, 2.75) is 25.0 Å². The average molecular weight is 261 g/mol. The Morgan fingerprint density at radius 1 is 1.50 bits per heavy atom. The van der Waals surface area contributed by atoms with Gasteiger partial charge in [-0.05, 0) is 18.9 Å². The van der Waals surface area contributed by atoms with Crippen LogP contribution in [0.1, 0.15) is 23.2 Å². The minimum Gasteiger partial charge on any atom is -0.393 e. The van der Waals surface area contributed by atoms with E-state index in [0.717, 1.165) is 0 Å². The standard InChI is InChI=1S/C10H10Cl2N2O2/c11-8-4-13-9(12)3-7(8)10(16)14-5-1-6(15)2-5/h3-6,15H,1-2H2,(H,14,16). The molecule has 1 aliphatic carbocycles. The quantitative estimate of drug-likeness (QED) is 0.795. The highest BCUT2D eigenvalue weighted by Crippen LogP contribution is 2.22. The topological polar surface area (TPSA) is 62.2 Å². The van der Waals surface area contributed by atoms with Crippen LogP contribution in [-0.4, -0.2) is 28.1 Å². The fraction of sp³-hybridized carbons (Fsp3) is 0.400. The fourth-order valence-corrected chi connectivity index (χ4v) is 1.90. The molecule has 1 aromatic heterocycles. The molecule has 0 atom stereocenters.